The molecule has 0 bridgehead atoms. The van der Waals surface area contributed by atoms with Crippen molar-refractivity contribution in [2.24, 2.45) is 0 Å². The Morgan fingerprint density at radius 2 is 1.61 bits per heavy atom. The highest BCUT2D eigenvalue weighted by Gasteiger charge is 2.31. The van der Waals surface area contributed by atoms with Crippen LogP contribution in [0.25, 0.3) is 5.69 Å². The Kier molecular flexibility index (Phi) is 8.41. The number of nitrogens with zero attached hydrogens (tertiary/aromatic N) is 2. The Morgan fingerprint density at radius 3 is 2.21 bits per heavy atom. The molecule has 0 N–H and O–H groups in total. The Hall–Kier alpha value is -2.45. The predicted octanol–water partition coefficient (Wildman–Crippen LogP) is 5.24. The minimum absolute atomic E-state index is 0.163. The van der Waals surface area contributed by atoms with Gasteiger partial charge in [0.15, 0.2) is 0 Å². The van der Waals surface area contributed by atoms with Crippen LogP contribution in [-0.4, -0.2) is 22.7 Å². The molecule has 6 nitrogen and oxygen atoms in total. The maximum Gasteiger partial charge on any atom is 0.573 e. The van der Waals surface area contributed by atoms with Crippen molar-refractivity contribution in [3.8, 4) is 17.5 Å². The number of halogens is 3. The van der Waals surface area contributed by atoms with Gasteiger partial charge in [0.05, 0.1) is 12.3 Å². The number of ether oxygens (including phenoxy) is 2. The molecule has 9 heteroatoms. The molecule has 1 heterocycles. The molecule has 0 saturated heterocycles. The fourth-order valence-electron chi connectivity index (χ4n) is 2.67. The summed E-state index contributed by atoms with van der Waals surface area (Å²) in [6.45, 7) is 2.57. The van der Waals surface area contributed by atoms with E-state index in [1.165, 1.54) is 44.2 Å². The summed E-state index contributed by atoms with van der Waals surface area (Å²) >= 11 is 0. The molecule has 0 unspecified atom stereocenters. The third-order valence-electron chi connectivity index (χ3n) is 4.07. The van der Waals surface area contributed by atoms with Gasteiger partial charge in [0.1, 0.15) is 5.75 Å². The van der Waals surface area contributed by atoms with Gasteiger partial charge < -0.3 is 13.9 Å². The molecule has 0 fully saturated rings. The van der Waals surface area contributed by atoms with Gasteiger partial charge in [0.2, 0.25) is 0 Å². The summed E-state index contributed by atoms with van der Waals surface area (Å²) in [5.74, 6) is -1.17. The molecular weight excluding hydrogens is 377 g/mol. The van der Waals surface area contributed by atoms with Gasteiger partial charge in [-0.2, -0.15) is 4.68 Å². The topological polar surface area (TPSA) is 66.5 Å². The molecule has 1 aromatic carbocycles. The highest BCUT2D eigenvalue weighted by molar-refractivity contribution is 5.36. The quantitative estimate of drug-likeness (QED) is 0.454. The lowest BCUT2D eigenvalue weighted by molar-refractivity contribution is -0.274. The molecule has 0 aliphatic heterocycles. The second-order valence-electron chi connectivity index (χ2n) is 6.41. The number of unbranched alkanes of at least 4 members (excludes halogenated alkanes) is 7. The summed E-state index contributed by atoms with van der Waals surface area (Å²) in [6.07, 6.45) is 4.30. The zero-order valence-electron chi connectivity index (χ0n) is 15.8. The summed E-state index contributed by atoms with van der Waals surface area (Å²) in [6, 6.07) is 4.72. The molecule has 2 rings (SSSR count). The van der Waals surface area contributed by atoms with Crippen molar-refractivity contribution in [3.05, 3.63) is 34.8 Å². The molecule has 28 heavy (non-hydrogen) atoms. The normalized spacial score (nSPS) is 11.6. The van der Waals surface area contributed by atoms with Crippen molar-refractivity contribution in [2.45, 2.75) is 64.7 Å². The third-order valence-corrected chi connectivity index (χ3v) is 4.07. The summed E-state index contributed by atoms with van der Waals surface area (Å²) in [5, 5.41) is 3.90. The van der Waals surface area contributed by atoms with E-state index in [-0.39, 0.29) is 17.5 Å². The van der Waals surface area contributed by atoms with Crippen LogP contribution in [0.5, 0.6) is 11.8 Å². The molecule has 0 aliphatic rings. The summed E-state index contributed by atoms with van der Waals surface area (Å²) < 4.78 is 51.5. The van der Waals surface area contributed by atoms with E-state index < -0.39 is 12.1 Å². The largest absolute Gasteiger partial charge is 0.573 e. The number of hydrogen-bond donors (Lipinski definition) is 0. The number of hydrogen-bond acceptors (Lipinski definition) is 5. The summed E-state index contributed by atoms with van der Waals surface area (Å²) in [4.78, 5) is 11.9. The van der Waals surface area contributed by atoms with Gasteiger partial charge in [-0.05, 0) is 30.7 Å². The van der Waals surface area contributed by atoms with Crippen LogP contribution in [0.3, 0.4) is 0 Å². The second-order valence-corrected chi connectivity index (χ2v) is 6.41. The average molecular weight is 402 g/mol. The molecule has 0 aliphatic carbocycles. The summed E-state index contributed by atoms with van der Waals surface area (Å²) in [7, 11) is 0. The SMILES string of the molecule is CCCCCCCCCCOc1nn(-c2ccc(OC(F)(F)F)cc2)c(=O)o1. The molecule has 0 radical (unpaired) electrons. The van der Waals surface area contributed by atoms with E-state index in [9.17, 15) is 18.0 Å². The van der Waals surface area contributed by atoms with Crippen LogP contribution in [-0.2, 0) is 0 Å². The van der Waals surface area contributed by atoms with E-state index in [1.807, 2.05) is 0 Å². The first kappa shape index (κ1) is 21.8. The third kappa shape index (κ3) is 7.66. The molecule has 0 spiro atoms. The van der Waals surface area contributed by atoms with Crippen LogP contribution < -0.4 is 15.2 Å². The lowest BCUT2D eigenvalue weighted by Gasteiger charge is -2.08. The number of rotatable bonds is 12. The van der Waals surface area contributed by atoms with E-state index >= 15 is 0 Å². The van der Waals surface area contributed by atoms with Crippen molar-refractivity contribution in [2.75, 3.05) is 6.61 Å². The highest BCUT2D eigenvalue weighted by atomic mass is 19.4. The van der Waals surface area contributed by atoms with Crippen molar-refractivity contribution in [1.29, 1.82) is 0 Å². The maximum absolute atomic E-state index is 12.2. The maximum atomic E-state index is 12.2. The first-order valence-electron chi connectivity index (χ1n) is 9.48. The van der Waals surface area contributed by atoms with Crippen molar-refractivity contribution < 1.29 is 27.1 Å². The zero-order chi connectivity index (χ0) is 20.4. The van der Waals surface area contributed by atoms with Gasteiger partial charge >= 0.3 is 18.2 Å². The van der Waals surface area contributed by atoms with E-state index in [4.69, 9.17) is 9.15 Å². The van der Waals surface area contributed by atoms with Gasteiger partial charge in [-0.25, -0.2) is 4.79 Å². The van der Waals surface area contributed by atoms with Crippen LogP contribution in [0.2, 0.25) is 0 Å². The van der Waals surface area contributed by atoms with Crippen LogP contribution >= 0.6 is 0 Å². The van der Waals surface area contributed by atoms with Gasteiger partial charge in [-0.3, -0.25) is 0 Å². The van der Waals surface area contributed by atoms with Gasteiger partial charge in [0.25, 0.3) is 0 Å². The first-order valence-corrected chi connectivity index (χ1v) is 9.48. The predicted molar refractivity (Wildman–Crippen MR) is 96.9 cm³/mol. The summed E-state index contributed by atoms with van der Waals surface area (Å²) in [5.41, 5.74) is 0.241. The van der Waals surface area contributed by atoms with Crippen molar-refractivity contribution >= 4 is 0 Å². The van der Waals surface area contributed by atoms with E-state index in [2.05, 4.69) is 16.8 Å². The minimum Gasteiger partial charge on any atom is -0.449 e. The van der Waals surface area contributed by atoms with Crippen LogP contribution in [0.15, 0.2) is 33.5 Å². The van der Waals surface area contributed by atoms with Gasteiger partial charge in [-0.1, -0.05) is 57.0 Å². The molecular formula is C19H25F3N2O4. The van der Waals surface area contributed by atoms with E-state index in [0.29, 0.717) is 6.61 Å². The zero-order valence-corrected chi connectivity index (χ0v) is 15.8. The molecule has 2 aromatic rings. The Labute approximate surface area is 161 Å². The molecule has 0 atom stereocenters. The standard InChI is InChI=1S/C19H25F3N2O4/c1-2-3-4-5-6-7-8-9-14-26-17-23-24(18(25)27-17)15-10-12-16(13-11-15)28-19(20,21)22/h10-13H,2-9,14H2,1H3. The Bertz CT molecular complexity index is 754. The van der Waals surface area contributed by atoms with Crippen molar-refractivity contribution in [3.63, 3.8) is 0 Å². The lowest BCUT2D eigenvalue weighted by Crippen LogP contribution is -2.17. The van der Waals surface area contributed by atoms with Crippen LogP contribution in [0, 0.1) is 0 Å². The molecule has 0 amide bonds. The molecule has 1 aromatic heterocycles. The average Bonchev–Trinajstić information content (AvgIpc) is 3.00. The van der Waals surface area contributed by atoms with Crippen LogP contribution in [0.4, 0.5) is 13.2 Å². The first-order chi connectivity index (χ1) is 13.4. The van der Waals surface area contributed by atoms with E-state index in [1.54, 1.807) is 0 Å². The Morgan fingerprint density at radius 1 is 1.00 bits per heavy atom. The number of benzene rings is 1. The van der Waals surface area contributed by atoms with E-state index in [0.717, 1.165) is 36.1 Å². The second kappa shape index (κ2) is 10.8. The molecule has 0 saturated carbocycles. The smallest absolute Gasteiger partial charge is 0.449 e. The Balaban J connectivity index is 1.77. The number of alkyl halides is 3. The van der Waals surface area contributed by atoms with Crippen LogP contribution in [0.1, 0.15) is 58.3 Å². The van der Waals surface area contributed by atoms with Gasteiger partial charge in [0, 0.05) is 0 Å². The van der Waals surface area contributed by atoms with Gasteiger partial charge in [-0.15, -0.1) is 13.2 Å². The van der Waals surface area contributed by atoms with Crippen molar-refractivity contribution in [1.82, 2.24) is 9.78 Å². The molecule has 156 valence electrons. The fraction of sp³-hybridized carbons (Fsp3) is 0.579. The highest BCUT2D eigenvalue weighted by Crippen LogP contribution is 2.23. The lowest BCUT2D eigenvalue weighted by atomic mass is 10.1. The fourth-order valence-corrected chi connectivity index (χ4v) is 2.67. The minimum atomic E-state index is -4.78. The monoisotopic (exact) mass is 402 g/mol. The number of aromatic nitrogens is 2.